The Kier molecular flexibility index (Phi) is 4.67. The molecule has 0 saturated carbocycles. The van der Waals surface area contributed by atoms with Crippen molar-refractivity contribution in [1.82, 2.24) is 15.1 Å². The highest BCUT2D eigenvalue weighted by atomic mass is 35.5. The molecule has 2 aromatic heterocycles. The number of nitrogens with one attached hydrogen (secondary N) is 2. The molecule has 128 valence electrons. The van der Waals surface area contributed by atoms with Gasteiger partial charge in [0.1, 0.15) is 11.5 Å². The maximum atomic E-state index is 12.4. The standard InChI is InChI=1S/C17H16ClN5O2/c1-9-4-5-12(18)8-13(9)20-17-19-10(2)6-14(21-17)16(24)22-15-7-11(3)25-23-15/h4-8H,1-3H3,(H,19,20,21)(H,22,23,24). The molecule has 1 amide bonds. The summed E-state index contributed by atoms with van der Waals surface area (Å²) < 4.78 is 4.93. The Bertz CT molecular complexity index is 939. The van der Waals surface area contributed by atoms with Crippen LogP contribution in [-0.2, 0) is 0 Å². The van der Waals surface area contributed by atoms with Gasteiger partial charge < -0.3 is 15.2 Å². The summed E-state index contributed by atoms with van der Waals surface area (Å²) in [5, 5.41) is 10.1. The number of anilines is 3. The van der Waals surface area contributed by atoms with E-state index in [0.29, 0.717) is 28.2 Å². The van der Waals surface area contributed by atoms with E-state index in [-0.39, 0.29) is 5.69 Å². The number of rotatable bonds is 4. The van der Waals surface area contributed by atoms with Gasteiger partial charge in [0.15, 0.2) is 5.82 Å². The van der Waals surface area contributed by atoms with Crippen LogP contribution in [0.3, 0.4) is 0 Å². The predicted octanol–water partition coefficient (Wildman–Crippen LogP) is 4.04. The number of aromatic nitrogens is 3. The van der Waals surface area contributed by atoms with Crippen LogP contribution < -0.4 is 10.6 Å². The molecular weight excluding hydrogens is 342 g/mol. The van der Waals surface area contributed by atoms with Crippen molar-refractivity contribution in [2.45, 2.75) is 20.8 Å². The van der Waals surface area contributed by atoms with Crippen molar-refractivity contribution in [2.75, 3.05) is 10.6 Å². The molecule has 1 aromatic carbocycles. The number of aryl methyl sites for hydroxylation is 3. The Hall–Kier alpha value is -2.93. The van der Waals surface area contributed by atoms with Crippen molar-refractivity contribution in [1.29, 1.82) is 0 Å². The average molecular weight is 358 g/mol. The fourth-order valence-electron chi connectivity index (χ4n) is 2.20. The average Bonchev–Trinajstić information content (AvgIpc) is 2.95. The first kappa shape index (κ1) is 16.9. The second-order valence-corrected chi connectivity index (χ2v) is 6.02. The van der Waals surface area contributed by atoms with Gasteiger partial charge in [-0.25, -0.2) is 9.97 Å². The first-order valence-corrected chi connectivity index (χ1v) is 7.92. The molecule has 0 saturated heterocycles. The quantitative estimate of drug-likeness (QED) is 0.732. The highest BCUT2D eigenvalue weighted by molar-refractivity contribution is 6.30. The maximum absolute atomic E-state index is 12.4. The Morgan fingerprint density at radius 2 is 1.92 bits per heavy atom. The molecule has 0 aliphatic rings. The molecule has 0 unspecified atom stereocenters. The molecule has 0 atom stereocenters. The van der Waals surface area contributed by atoms with E-state index in [1.165, 1.54) is 0 Å². The van der Waals surface area contributed by atoms with Gasteiger partial charge >= 0.3 is 0 Å². The summed E-state index contributed by atoms with van der Waals surface area (Å²) in [6.45, 7) is 5.47. The Morgan fingerprint density at radius 1 is 1.12 bits per heavy atom. The van der Waals surface area contributed by atoms with Crippen molar-refractivity contribution >= 4 is 35.0 Å². The molecule has 0 spiro atoms. The van der Waals surface area contributed by atoms with E-state index in [1.54, 1.807) is 38.1 Å². The largest absolute Gasteiger partial charge is 0.360 e. The maximum Gasteiger partial charge on any atom is 0.275 e. The first-order chi connectivity index (χ1) is 11.9. The second kappa shape index (κ2) is 6.90. The second-order valence-electron chi connectivity index (χ2n) is 5.58. The summed E-state index contributed by atoms with van der Waals surface area (Å²) in [7, 11) is 0. The van der Waals surface area contributed by atoms with Gasteiger partial charge in [-0.2, -0.15) is 0 Å². The van der Waals surface area contributed by atoms with E-state index < -0.39 is 5.91 Å². The molecule has 0 fully saturated rings. The summed E-state index contributed by atoms with van der Waals surface area (Å²) in [6, 6.07) is 8.69. The van der Waals surface area contributed by atoms with Gasteiger partial charge in [-0.05, 0) is 44.5 Å². The molecule has 2 N–H and O–H groups in total. The Balaban J connectivity index is 1.84. The van der Waals surface area contributed by atoms with Gasteiger partial charge in [-0.15, -0.1) is 0 Å². The SMILES string of the molecule is Cc1cc(C(=O)Nc2cc(C)on2)nc(Nc2cc(Cl)ccc2C)n1. The molecule has 2 heterocycles. The summed E-state index contributed by atoms with van der Waals surface area (Å²) in [4.78, 5) is 21.0. The zero-order chi connectivity index (χ0) is 18.0. The van der Waals surface area contributed by atoms with Gasteiger partial charge in [-0.1, -0.05) is 22.8 Å². The summed E-state index contributed by atoms with van der Waals surface area (Å²) in [5.74, 6) is 0.850. The van der Waals surface area contributed by atoms with Crippen LogP contribution in [0.4, 0.5) is 17.5 Å². The van der Waals surface area contributed by atoms with Gasteiger partial charge in [0, 0.05) is 22.5 Å². The normalized spacial score (nSPS) is 10.6. The van der Waals surface area contributed by atoms with E-state index in [0.717, 1.165) is 11.3 Å². The minimum Gasteiger partial charge on any atom is -0.360 e. The molecule has 7 nitrogen and oxygen atoms in total. The highest BCUT2D eigenvalue weighted by Crippen LogP contribution is 2.23. The number of hydrogen-bond acceptors (Lipinski definition) is 6. The number of halogens is 1. The molecule has 3 rings (SSSR count). The first-order valence-electron chi connectivity index (χ1n) is 7.54. The monoisotopic (exact) mass is 357 g/mol. The van der Waals surface area contributed by atoms with Crippen molar-refractivity contribution in [3.8, 4) is 0 Å². The zero-order valence-electron chi connectivity index (χ0n) is 13.9. The number of benzene rings is 1. The third-order valence-corrected chi connectivity index (χ3v) is 3.64. The lowest BCUT2D eigenvalue weighted by atomic mass is 10.2. The van der Waals surface area contributed by atoms with E-state index >= 15 is 0 Å². The minimum absolute atomic E-state index is 0.218. The van der Waals surface area contributed by atoms with E-state index in [1.807, 2.05) is 13.0 Å². The van der Waals surface area contributed by atoms with Crippen molar-refractivity contribution in [3.63, 3.8) is 0 Å². The molecular formula is C17H16ClN5O2. The lowest BCUT2D eigenvalue weighted by Crippen LogP contribution is -2.15. The molecule has 0 radical (unpaired) electrons. The van der Waals surface area contributed by atoms with Crippen LogP contribution in [0.25, 0.3) is 0 Å². The molecule has 0 bridgehead atoms. The van der Waals surface area contributed by atoms with Crippen LogP contribution in [0.1, 0.15) is 27.5 Å². The van der Waals surface area contributed by atoms with Crippen LogP contribution in [0.15, 0.2) is 34.9 Å². The van der Waals surface area contributed by atoms with E-state index in [2.05, 4.69) is 25.8 Å². The molecule has 3 aromatic rings. The lowest BCUT2D eigenvalue weighted by Gasteiger charge is -2.10. The van der Waals surface area contributed by atoms with Crippen LogP contribution in [0, 0.1) is 20.8 Å². The minimum atomic E-state index is -0.398. The Labute approximate surface area is 149 Å². The van der Waals surface area contributed by atoms with E-state index in [4.69, 9.17) is 16.1 Å². The third kappa shape index (κ3) is 4.13. The smallest absolute Gasteiger partial charge is 0.275 e. The number of amides is 1. The van der Waals surface area contributed by atoms with Crippen LogP contribution in [0.5, 0.6) is 0 Å². The number of hydrogen-bond donors (Lipinski definition) is 2. The van der Waals surface area contributed by atoms with Crippen LogP contribution in [-0.4, -0.2) is 21.0 Å². The van der Waals surface area contributed by atoms with Gasteiger partial charge in [0.25, 0.3) is 5.91 Å². The third-order valence-electron chi connectivity index (χ3n) is 3.40. The van der Waals surface area contributed by atoms with Crippen molar-refractivity contribution in [3.05, 3.63) is 58.1 Å². The molecule has 25 heavy (non-hydrogen) atoms. The number of nitrogens with zero attached hydrogens (tertiary/aromatic N) is 3. The predicted molar refractivity (Wildman–Crippen MR) is 95.4 cm³/mol. The molecule has 0 aliphatic heterocycles. The fraction of sp³-hybridized carbons (Fsp3) is 0.176. The van der Waals surface area contributed by atoms with Crippen molar-refractivity contribution in [2.24, 2.45) is 0 Å². The number of carbonyl (C=O) groups is 1. The number of carbonyl (C=O) groups excluding carboxylic acids is 1. The van der Waals surface area contributed by atoms with Gasteiger partial charge in [-0.3, -0.25) is 4.79 Å². The van der Waals surface area contributed by atoms with Crippen molar-refractivity contribution < 1.29 is 9.32 Å². The summed E-state index contributed by atoms with van der Waals surface area (Å²) in [5.41, 5.74) is 2.63. The summed E-state index contributed by atoms with van der Waals surface area (Å²) in [6.07, 6.45) is 0. The zero-order valence-corrected chi connectivity index (χ0v) is 14.7. The van der Waals surface area contributed by atoms with Gasteiger partial charge in [0.2, 0.25) is 5.95 Å². The summed E-state index contributed by atoms with van der Waals surface area (Å²) >= 11 is 6.03. The fourth-order valence-corrected chi connectivity index (χ4v) is 2.37. The van der Waals surface area contributed by atoms with Gasteiger partial charge in [0.05, 0.1) is 0 Å². The van der Waals surface area contributed by atoms with Crippen LogP contribution >= 0.6 is 11.6 Å². The Morgan fingerprint density at radius 3 is 2.64 bits per heavy atom. The topological polar surface area (TPSA) is 92.9 Å². The lowest BCUT2D eigenvalue weighted by molar-refractivity contribution is 0.102. The van der Waals surface area contributed by atoms with E-state index in [9.17, 15) is 4.79 Å². The highest BCUT2D eigenvalue weighted by Gasteiger charge is 2.13. The van der Waals surface area contributed by atoms with Crippen LogP contribution in [0.2, 0.25) is 5.02 Å². The molecule has 0 aliphatic carbocycles. The molecule has 8 heteroatoms.